The van der Waals surface area contributed by atoms with E-state index in [1.165, 1.54) is 35.1 Å². The number of hydrogen-bond donors (Lipinski definition) is 2. The number of anilines is 2. The predicted molar refractivity (Wildman–Crippen MR) is 153 cm³/mol. The topological polar surface area (TPSA) is 94.9 Å². The van der Waals surface area contributed by atoms with Crippen molar-refractivity contribution in [2.24, 2.45) is 0 Å². The Labute approximate surface area is 232 Å². The molecule has 2 aromatic carbocycles. The highest BCUT2D eigenvalue weighted by Gasteiger charge is 2.18. The maximum atomic E-state index is 12.4. The molecule has 3 aromatic rings. The van der Waals surface area contributed by atoms with Crippen molar-refractivity contribution >= 4 is 103 Å². The van der Waals surface area contributed by atoms with Crippen molar-refractivity contribution in [2.75, 3.05) is 22.1 Å². The lowest BCUT2D eigenvalue weighted by Crippen LogP contribution is -2.15. The Morgan fingerprint density at radius 3 is 1.97 bits per heavy atom. The van der Waals surface area contributed by atoms with Crippen molar-refractivity contribution < 1.29 is 9.59 Å². The van der Waals surface area contributed by atoms with Gasteiger partial charge in [0, 0.05) is 18.5 Å². The number of halogens is 2. The summed E-state index contributed by atoms with van der Waals surface area (Å²) in [6, 6.07) is 13.8. The third-order valence-corrected chi connectivity index (χ3v) is 8.87. The number of rotatable bonds is 8. The van der Waals surface area contributed by atoms with Gasteiger partial charge in [-0.25, -0.2) is 0 Å². The average Bonchev–Trinajstić information content (AvgIpc) is 3.16. The first-order valence-electron chi connectivity index (χ1n) is 9.54. The summed E-state index contributed by atoms with van der Waals surface area (Å²) in [6.45, 7) is 3.89. The highest BCUT2D eigenvalue weighted by molar-refractivity contribution is 14.1. The summed E-state index contributed by atoms with van der Waals surface area (Å²) in [5.41, 5.74) is 3.94. The summed E-state index contributed by atoms with van der Waals surface area (Å²) in [6.07, 6.45) is 0. The first kappa shape index (κ1) is 26.3. The normalized spacial score (nSPS) is 10.5. The van der Waals surface area contributed by atoms with Crippen LogP contribution >= 0.6 is 80.2 Å². The van der Waals surface area contributed by atoms with Gasteiger partial charge in [0.25, 0.3) is 0 Å². The number of nitrogens with one attached hydrogen (secondary N) is 2. The van der Waals surface area contributed by atoms with Crippen LogP contribution in [0.1, 0.15) is 16.7 Å². The van der Waals surface area contributed by atoms with Crippen LogP contribution < -0.4 is 10.6 Å². The number of amides is 2. The second kappa shape index (κ2) is 12.4. The van der Waals surface area contributed by atoms with Crippen LogP contribution in [0.15, 0.2) is 45.6 Å². The summed E-state index contributed by atoms with van der Waals surface area (Å²) in [4.78, 5) is 24.7. The van der Waals surface area contributed by atoms with E-state index in [9.17, 15) is 14.9 Å². The van der Waals surface area contributed by atoms with E-state index in [-0.39, 0.29) is 23.3 Å². The van der Waals surface area contributed by atoms with E-state index >= 15 is 0 Å². The molecule has 33 heavy (non-hydrogen) atoms. The molecule has 2 N–H and O–H groups in total. The van der Waals surface area contributed by atoms with Crippen molar-refractivity contribution in [3.05, 3.63) is 60.2 Å². The molecule has 0 aliphatic carbocycles. The molecule has 0 aliphatic heterocycles. The van der Waals surface area contributed by atoms with Crippen LogP contribution in [0.25, 0.3) is 0 Å². The molecule has 0 saturated carbocycles. The standard InChI is InChI=1S/C22H18I2N4O2S3/c1-12-7-14(23)3-5-17(12)26-19(29)10-31-21-16(9-25)22(33-28-21)32-11-20(30)27-18-6-4-15(24)8-13(18)2/h3-8H,10-11H2,1-2H3,(H,26,29)(H,27,30). The van der Waals surface area contributed by atoms with E-state index in [4.69, 9.17) is 0 Å². The van der Waals surface area contributed by atoms with Crippen LogP contribution in [-0.2, 0) is 9.59 Å². The minimum atomic E-state index is -0.164. The number of aromatic nitrogens is 1. The highest BCUT2D eigenvalue weighted by atomic mass is 127. The van der Waals surface area contributed by atoms with Crippen LogP contribution in [0, 0.1) is 32.3 Å². The molecule has 0 bridgehead atoms. The van der Waals surface area contributed by atoms with E-state index < -0.39 is 0 Å². The van der Waals surface area contributed by atoms with Crippen molar-refractivity contribution in [3.63, 3.8) is 0 Å². The van der Waals surface area contributed by atoms with Gasteiger partial charge >= 0.3 is 0 Å². The fourth-order valence-corrected chi connectivity index (χ4v) is 6.71. The van der Waals surface area contributed by atoms with Crippen LogP contribution in [0.5, 0.6) is 0 Å². The summed E-state index contributed by atoms with van der Waals surface area (Å²) >= 11 is 8.12. The molecule has 0 unspecified atom stereocenters. The van der Waals surface area contributed by atoms with Gasteiger partial charge in [-0.05, 0) is 118 Å². The van der Waals surface area contributed by atoms with E-state index in [0.29, 0.717) is 14.8 Å². The molecule has 6 nitrogen and oxygen atoms in total. The fraction of sp³-hybridized carbons (Fsp3) is 0.182. The number of benzene rings is 2. The van der Waals surface area contributed by atoms with Crippen LogP contribution in [-0.4, -0.2) is 27.7 Å². The maximum absolute atomic E-state index is 12.4. The Morgan fingerprint density at radius 1 is 0.970 bits per heavy atom. The molecule has 1 aromatic heterocycles. The monoisotopic (exact) mass is 720 g/mol. The minimum absolute atomic E-state index is 0.139. The number of hydrogen-bond acceptors (Lipinski definition) is 7. The van der Waals surface area contributed by atoms with Crippen molar-refractivity contribution in [1.82, 2.24) is 4.37 Å². The third kappa shape index (κ3) is 7.57. The Kier molecular flexibility index (Phi) is 9.86. The number of aryl methyl sites for hydroxylation is 2. The van der Waals surface area contributed by atoms with Crippen LogP contribution in [0.3, 0.4) is 0 Å². The van der Waals surface area contributed by atoms with Gasteiger partial charge in [0.15, 0.2) is 0 Å². The van der Waals surface area contributed by atoms with E-state index in [1.54, 1.807) is 0 Å². The second-order valence-electron chi connectivity index (χ2n) is 6.85. The summed E-state index contributed by atoms with van der Waals surface area (Å²) < 4.78 is 7.21. The molecule has 1 heterocycles. The molecule has 3 rings (SSSR count). The summed E-state index contributed by atoms with van der Waals surface area (Å²) in [5, 5.41) is 15.9. The SMILES string of the molecule is Cc1cc(I)ccc1NC(=O)CSc1nsc(SCC(=O)Nc2ccc(I)cc2C)c1C#N. The van der Waals surface area contributed by atoms with Gasteiger partial charge in [-0.3, -0.25) is 9.59 Å². The second-order valence-corrected chi connectivity index (χ2v) is 12.3. The molecular formula is C22H18I2N4O2S3. The zero-order valence-electron chi connectivity index (χ0n) is 17.6. The van der Waals surface area contributed by atoms with Gasteiger partial charge in [-0.1, -0.05) is 11.8 Å². The lowest BCUT2D eigenvalue weighted by atomic mass is 10.2. The first-order chi connectivity index (χ1) is 15.8. The Morgan fingerprint density at radius 2 is 1.48 bits per heavy atom. The predicted octanol–water partition coefficient (Wildman–Crippen LogP) is 6.30. The Hall–Kier alpha value is -1.34. The quantitative estimate of drug-likeness (QED) is 0.210. The van der Waals surface area contributed by atoms with E-state index in [1.807, 2.05) is 50.2 Å². The van der Waals surface area contributed by atoms with Gasteiger partial charge < -0.3 is 10.6 Å². The Balaban J connectivity index is 1.55. The van der Waals surface area contributed by atoms with Gasteiger partial charge in [-0.2, -0.15) is 9.64 Å². The van der Waals surface area contributed by atoms with Gasteiger partial charge in [-0.15, -0.1) is 11.8 Å². The number of nitrogens with zero attached hydrogens (tertiary/aromatic N) is 2. The molecular weight excluding hydrogens is 702 g/mol. The van der Waals surface area contributed by atoms with Gasteiger partial charge in [0.1, 0.15) is 20.9 Å². The Bertz CT molecular complexity index is 1150. The van der Waals surface area contributed by atoms with Gasteiger partial charge in [0.2, 0.25) is 11.8 Å². The minimum Gasteiger partial charge on any atom is -0.325 e. The molecule has 11 heteroatoms. The third-order valence-electron chi connectivity index (χ3n) is 4.34. The molecule has 0 atom stereocenters. The fourth-order valence-electron chi connectivity index (χ4n) is 2.72. The molecule has 0 spiro atoms. The smallest absolute Gasteiger partial charge is 0.234 e. The van der Waals surface area contributed by atoms with E-state index in [0.717, 1.165) is 29.6 Å². The zero-order chi connectivity index (χ0) is 24.0. The molecule has 0 aliphatic rings. The van der Waals surface area contributed by atoms with Crippen molar-refractivity contribution in [1.29, 1.82) is 5.26 Å². The first-order valence-corrected chi connectivity index (χ1v) is 14.4. The summed E-state index contributed by atoms with van der Waals surface area (Å²) in [5.74, 6) is -0.00908. The van der Waals surface area contributed by atoms with Crippen LogP contribution in [0.2, 0.25) is 0 Å². The molecule has 2 amide bonds. The number of carbonyl (C=O) groups is 2. The van der Waals surface area contributed by atoms with Gasteiger partial charge in [0.05, 0.1) is 11.5 Å². The maximum Gasteiger partial charge on any atom is 0.234 e. The lowest BCUT2D eigenvalue weighted by molar-refractivity contribution is -0.114. The number of thioether (sulfide) groups is 2. The zero-order valence-corrected chi connectivity index (χ0v) is 24.3. The lowest BCUT2D eigenvalue weighted by Gasteiger charge is -2.08. The molecule has 0 radical (unpaired) electrons. The number of nitriles is 1. The molecule has 170 valence electrons. The largest absolute Gasteiger partial charge is 0.325 e. The average molecular weight is 720 g/mol. The van der Waals surface area contributed by atoms with Crippen molar-refractivity contribution in [2.45, 2.75) is 23.1 Å². The van der Waals surface area contributed by atoms with E-state index in [2.05, 4.69) is 66.3 Å². The summed E-state index contributed by atoms with van der Waals surface area (Å²) in [7, 11) is 0. The highest BCUT2D eigenvalue weighted by Crippen LogP contribution is 2.34. The molecule has 0 saturated heterocycles. The van der Waals surface area contributed by atoms with Crippen molar-refractivity contribution in [3.8, 4) is 6.07 Å². The molecule has 0 fully saturated rings. The van der Waals surface area contributed by atoms with Crippen LogP contribution in [0.4, 0.5) is 11.4 Å². The number of carbonyl (C=O) groups excluding carboxylic acids is 2.